The Morgan fingerprint density at radius 3 is 2.68 bits per heavy atom. The van der Waals surface area contributed by atoms with Crippen LogP contribution >= 0.6 is 0 Å². The molecule has 0 saturated heterocycles. The van der Waals surface area contributed by atoms with E-state index in [0.29, 0.717) is 5.56 Å². The van der Waals surface area contributed by atoms with Crippen molar-refractivity contribution < 1.29 is 22.7 Å². The highest BCUT2D eigenvalue weighted by Gasteiger charge is 2.30. The molecule has 0 aromatic heterocycles. The first-order chi connectivity index (χ1) is 8.88. The Bertz CT molecular complexity index is 484. The van der Waals surface area contributed by atoms with E-state index in [2.05, 4.69) is 10.2 Å². The lowest BCUT2D eigenvalue weighted by Gasteiger charge is -2.11. The van der Waals surface area contributed by atoms with Gasteiger partial charge in [0.1, 0.15) is 0 Å². The Morgan fingerprint density at radius 1 is 1.47 bits per heavy atom. The second-order valence-electron chi connectivity index (χ2n) is 3.53. The van der Waals surface area contributed by atoms with Crippen LogP contribution in [-0.4, -0.2) is 12.6 Å². The third kappa shape index (κ3) is 4.29. The van der Waals surface area contributed by atoms with Gasteiger partial charge in [-0.3, -0.25) is 5.84 Å². The highest BCUT2D eigenvalue weighted by molar-refractivity contribution is 5.88. The molecule has 7 heteroatoms. The normalized spacial score (nSPS) is 11.6. The highest BCUT2D eigenvalue weighted by Crippen LogP contribution is 2.32. The number of nitrogens with one attached hydrogen (secondary N) is 1. The van der Waals surface area contributed by atoms with Gasteiger partial charge in [0.05, 0.1) is 17.9 Å². The van der Waals surface area contributed by atoms with Crippen LogP contribution in [0.3, 0.4) is 0 Å². The second-order valence-corrected chi connectivity index (χ2v) is 3.53. The first-order valence-corrected chi connectivity index (χ1v) is 5.41. The predicted molar refractivity (Wildman–Crippen MR) is 64.9 cm³/mol. The number of carbonyl (C=O) groups is 1. The summed E-state index contributed by atoms with van der Waals surface area (Å²) in [5.74, 6) is 4.58. The highest BCUT2D eigenvalue weighted by atomic mass is 19.4. The number of esters is 1. The fraction of sp³-hybridized carbons (Fsp3) is 0.250. The summed E-state index contributed by atoms with van der Waals surface area (Å²) in [4.78, 5) is 11.1. The maximum Gasteiger partial charge on any atom is 0.416 e. The molecule has 1 aromatic carbocycles. The number of anilines is 1. The number of benzene rings is 1. The summed E-state index contributed by atoms with van der Waals surface area (Å²) in [6.07, 6.45) is -2.00. The molecule has 0 bridgehead atoms. The minimum atomic E-state index is -4.45. The first kappa shape index (κ1) is 15.0. The van der Waals surface area contributed by atoms with Crippen LogP contribution in [0.15, 0.2) is 24.3 Å². The van der Waals surface area contributed by atoms with Crippen molar-refractivity contribution in [1.82, 2.24) is 0 Å². The summed E-state index contributed by atoms with van der Waals surface area (Å²) in [5, 5.41) is 0. The van der Waals surface area contributed by atoms with Crippen LogP contribution in [0.4, 0.5) is 18.9 Å². The Labute approximate surface area is 108 Å². The van der Waals surface area contributed by atoms with Gasteiger partial charge in [-0.25, -0.2) is 4.79 Å². The number of hydrogen-bond donors (Lipinski definition) is 2. The number of nitrogens with two attached hydrogens (primary N) is 1. The van der Waals surface area contributed by atoms with Gasteiger partial charge in [-0.1, -0.05) is 6.07 Å². The summed E-state index contributed by atoms with van der Waals surface area (Å²) in [6, 6.07) is 2.99. The molecule has 0 unspecified atom stereocenters. The molecule has 1 rings (SSSR count). The van der Waals surface area contributed by atoms with E-state index in [0.717, 1.165) is 18.2 Å². The van der Waals surface area contributed by atoms with E-state index in [9.17, 15) is 18.0 Å². The van der Waals surface area contributed by atoms with E-state index < -0.39 is 17.7 Å². The molecule has 0 amide bonds. The standard InChI is InChI=1S/C12H13F3N2O2/c1-2-19-11(18)6-4-8-3-5-9(12(13,14)15)7-10(8)17-16/h3-7,17H,2,16H2,1H3. The van der Waals surface area contributed by atoms with Gasteiger partial charge < -0.3 is 10.2 Å². The van der Waals surface area contributed by atoms with Crippen molar-refractivity contribution in [2.24, 2.45) is 5.84 Å². The van der Waals surface area contributed by atoms with E-state index >= 15 is 0 Å². The molecule has 0 radical (unpaired) electrons. The average Bonchev–Trinajstić information content (AvgIpc) is 2.35. The predicted octanol–water partition coefficient (Wildman–Crippen LogP) is 2.57. The van der Waals surface area contributed by atoms with Gasteiger partial charge in [0.15, 0.2) is 0 Å². The molecule has 0 aliphatic rings. The van der Waals surface area contributed by atoms with Crippen LogP contribution < -0.4 is 11.3 Å². The zero-order valence-electron chi connectivity index (χ0n) is 10.1. The quantitative estimate of drug-likeness (QED) is 0.383. The fourth-order valence-corrected chi connectivity index (χ4v) is 1.35. The number of rotatable bonds is 4. The zero-order valence-corrected chi connectivity index (χ0v) is 10.1. The minimum Gasteiger partial charge on any atom is -0.463 e. The van der Waals surface area contributed by atoms with Crippen LogP contribution in [-0.2, 0) is 15.7 Å². The molecule has 19 heavy (non-hydrogen) atoms. The number of hydrogen-bond acceptors (Lipinski definition) is 4. The topological polar surface area (TPSA) is 64.3 Å². The lowest BCUT2D eigenvalue weighted by molar-refractivity contribution is -0.138. The van der Waals surface area contributed by atoms with Crippen LogP contribution in [0, 0.1) is 0 Å². The molecule has 0 saturated carbocycles. The molecule has 104 valence electrons. The Hall–Kier alpha value is -2.02. The summed E-state index contributed by atoms with van der Waals surface area (Å²) in [7, 11) is 0. The van der Waals surface area contributed by atoms with Gasteiger partial charge in [0.2, 0.25) is 0 Å². The third-order valence-corrected chi connectivity index (χ3v) is 2.22. The second kappa shape index (κ2) is 6.24. The Balaban J connectivity index is 3.00. The van der Waals surface area contributed by atoms with Crippen LogP contribution in [0.25, 0.3) is 6.08 Å². The number of ether oxygens (including phenoxy) is 1. The van der Waals surface area contributed by atoms with Crippen molar-refractivity contribution in [3.63, 3.8) is 0 Å². The Kier molecular flexibility index (Phi) is 4.94. The first-order valence-electron chi connectivity index (χ1n) is 5.41. The Morgan fingerprint density at radius 2 is 2.16 bits per heavy atom. The monoisotopic (exact) mass is 274 g/mol. The molecule has 0 aliphatic carbocycles. The van der Waals surface area contributed by atoms with Crippen molar-refractivity contribution in [2.45, 2.75) is 13.1 Å². The summed E-state index contributed by atoms with van der Waals surface area (Å²) in [6.45, 7) is 1.87. The van der Waals surface area contributed by atoms with Crippen molar-refractivity contribution in [3.8, 4) is 0 Å². The zero-order chi connectivity index (χ0) is 14.5. The average molecular weight is 274 g/mol. The number of nitrogen functional groups attached to an aromatic ring is 1. The summed E-state index contributed by atoms with van der Waals surface area (Å²) in [5.41, 5.74) is 1.75. The summed E-state index contributed by atoms with van der Waals surface area (Å²) < 4.78 is 42.1. The van der Waals surface area contributed by atoms with E-state index in [1.807, 2.05) is 0 Å². The van der Waals surface area contributed by atoms with Gasteiger partial charge in [-0.15, -0.1) is 0 Å². The van der Waals surface area contributed by atoms with Gasteiger partial charge in [0.25, 0.3) is 0 Å². The van der Waals surface area contributed by atoms with Crippen molar-refractivity contribution in [2.75, 3.05) is 12.0 Å². The van der Waals surface area contributed by atoms with E-state index in [1.165, 1.54) is 12.1 Å². The van der Waals surface area contributed by atoms with E-state index in [-0.39, 0.29) is 12.3 Å². The fourth-order valence-electron chi connectivity index (χ4n) is 1.35. The third-order valence-electron chi connectivity index (χ3n) is 2.22. The number of hydrazine groups is 1. The minimum absolute atomic E-state index is 0.0652. The van der Waals surface area contributed by atoms with Crippen molar-refractivity contribution >= 4 is 17.7 Å². The summed E-state index contributed by atoms with van der Waals surface area (Å²) >= 11 is 0. The molecule has 0 heterocycles. The molecule has 4 nitrogen and oxygen atoms in total. The molecular weight excluding hydrogens is 261 g/mol. The smallest absolute Gasteiger partial charge is 0.416 e. The lowest BCUT2D eigenvalue weighted by Crippen LogP contribution is -2.11. The van der Waals surface area contributed by atoms with Gasteiger partial charge in [0, 0.05) is 6.08 Å². The number of halogens is 3. The molecule has 3 N–H and O–H groups in total. The van der Waals surface area contributed by atoms with Gasteiger partial charge >= 0.3 is 12.1 Å². The van der Waals surface area contributed by atoms with Gasteiger partial charge in [-0.05, 0) is 30.7 Å². The van der Waals surface area contributed by atoms with E-state index in [1.54, 1.807) is 6.92 Å². The molecule has 0 spiro atoms. The number of carbonyl (C=O) groups excluding carboxylic acids is 1. The molecule has 1 aromatic rings. The van der Waals surface area contributed by atoms with Crippen molar-refractivity contribution in [1.29, 1.82) is 0 Å². The SMILES string of the molecule is CCOC(=O)C=Cc1ccc(C(F)(F)F)cc1NN. The molecule has 0 aliphatic heterocycles. The lowest BCUT2D eigenvalue weighted by atomic mass is 10.1. The van der Waals surface area contributed by atoms with Crippen LogP contribution in [0.2, 0.25) is 0 Å². The maximum atomic E-state index is 12.5. The van der Waals surface area contributed by atoms with Crippen molar-refractivity contribution in [3.05, 3.63) is 35.4 Å². The molecular formula is C12H13F3N2O2. The largest absolute Gasteiger partial charge is 0.463 e. The molecule has 0 atom stereocenters. The molecule has 0 fully saturated rings. The maximum absolute atomic E-state index is 12.5. The van der Waals surface area contributed by atoms with Crippen LogP contribution in [0.1, 0.15) is 18.1 Å². The van der Waals surface area contributed by atoms with E-state index in [4.69, 9.17) is 5.84 Å². The van der Waals surface area contributed by atoms with Gasteiger partial charge in [-0.2, -0.15) is 13.2 Å². The van der Waals surface area contributed by atoms with Crippen LogP contribution in [0.5, 0.6) is 0 Å². The number of alkyl halides is 3.